The lowest BCUT2D eigenvalue weighted by Gasteiger charge is -2.09. The number of halogens is 1. The Morgan fingerprint density at radius 2 is 2.20 bits per heavy atom. The monoisotopic (exact) mass is 442 g/mol. The van der Waals surface area contributed by atoms with Crippen LogP contribution in [0.15, 0.2) is 56.8 Å². The van der Waals surface area contributed by atoms with Gasteiger partial charge in [0.25, 0.3) is 5.56 Å². The van der Waals surface area contributed by atoms with Gasteiger partial charge in [0.2, 0.25) is 11.7 Å². The van der Waals surface area contributed by atoms with Crippen molar-refractivity contribution in [1.82, 2.24) is 19.7 Å². The summed E-state index contributed by atoms with van der Waals surface area (Å²) >= 11 is 2.97. The Kier molecular flexibility index (Phi) is 6.10. The van der Waals surface area contributed by atoms with Crippen LogP contribution >= 0.6 is 23.1 Å². The summed E-state index contributed by atoms with van der Waals surface area (Å²) in [6.45, 7) is 5.86. The van der Waals surface area contributed by atoms with Gasteiger partial charge in [0, 0.05) is 24.3 Å². The Hall–Kier alpha value is -2.78. The molecule has 0 atom stereocenters. The van der Waals surface area contributed by atoms with E-state index in [0.717, 1.165) is 17.0 Å². The lowest BCUT2D eigenvalue weighted by Crippen LogP contribution is -2.22. The number of thioether (sulfide) groups is 1. The Morgan fingerprint density at radius 3 is 3.00 bits per heavy atom. The highest BCUT2D eigenvalue weighted by Gasteiger charge is 2.13. The van der Waals surface area contributed by atoms with Crippen molar-refractivity contribution in [3.63, 3.8) is 0 Å². The molecule has 0 aliphatic heterocycles. The maximum absolute atomic E-state index is 13.7. The zero-order chi connectivity index (χ0) is 21.1. The predicted octanol–water partition coefficient (Wildman–Crippen LogP) is 4.87. The van der Waals surface area contributed by atoms with E-state index >= 15 is 0 Å². The number of allylic oxidation sites excluding steroid dienone is 1. The van der Waals surface area contributed by atoms with Gasteiger partial charge in [-0.05, 0) is 36.4 Å². The van der Waals surface area contributed by atoms with Crippen molar-refractivity contribution in [2.45, 2.75) is 31.5 Å². The molecule has 9 heteroatoms. The lowest BCUT2D eigenvalue weighted by molar-refractivity contribution is 0.378. The Balaban J connectivity index is 1.40. The molecule has 4 aromatic rings. The predicted molar refractivity (Wildman–Crippen MR) is 118 cm³/mol. The summed E-state index contributed by atoms with van der Waals surface area (Å²) in [7, 11) is 0. The van der Waals surface area contributed by atoms with Crippen LogP contribution in [0.4, 0.5) is 4.39 Å². The van der Waals surface area contributed by atoms with E-state index in [9.17, 15) is 9.18 Å². The number of fused-ring (bicyclic) bond motifs is 1. The van der Waals surface area contributed by atoms with Crippen molar-refractivity contribution in [3.8, 4) is 11.4 Å². The number of aryl methyl sites for hydroxylation is 2. The third-order valence-electron chi connectivity index (χ3n) is 4.52. The minimum absolute atomic E-state index is 0.0458. The highest BCUT2D eigenvalue weighted by Crippen LogP contribution is 2.23. The third-order valence-corrected chi connectivity index (χ3v) is 6.39. The zero-order valence-corrected chi connectivity index (χ0v) is 17.9. The molecule has 154 valence electrons. The minimum Gasteiger partial charge on any atom is -0.339 e. The summed E-state index contributed by atoms with van der Waals surface area (Å²) < 4.78 is 20.7. The van der Waals surface area contributed by atoms with E-state index in [1.54, 1.807) is 35.8 Å². The van der Waals surface area contributed by atoms with Crippen molar-refractivity contribution in [3.05, 3.63) is 69.9 Å². The van der Waals surface area contributed by atoms with Crippen molar-refractivity contribution in [2.75, 3.05) is 5.75 Å². The van der Waals surface area contributed by atoms with E-state index in [1.165, 1.54) is 29.2 Å². The fourth-order valence-corrected chi connectivity index (χ4v) is 4.68. The second kappa shape index (κ2) is 8.93. The van der Waals surface area contributed by atoms with E-state index in [-0.39, 0.29) is 11.4 Å². The van der Waals surface area contributed by atoms with Crippen LogP contribution in [0.5, 0.6) is 0 Å². The van der Waals surface area contributed by atoms with Crippen LogP contribution in [-0.4, -0.2) is 25.4 Å². The molecule has 0 fully saturated rings. The van der Waals surface area contributed by atoms with Gasteiger partial charge in [-0.3, -0.25) is 9.36 Å². The van der Waals surface area contributed by atoms with Crippen molar-refractivity contribution in [1.29, 1.82) is 0 Å². The molecule has 3 aromatic heterocycles. The van der Waals surface area contributed by atoms with Gasteiger partial charge in [-0.15, -0.1) is 17.9 Å². The molecule has 30 heavy (non-hydrogen) atoms. The highest BCUT2D eigenvalue weighted by atomic mass is 32.2. The van der Waals surface area contributed by atoms with Gasteiger partial charge in [0.05, 0.1) is 5.39 Å². The molecule has 0 aliphatic rings. The maximum Gasteiger partial charge on any atom is 0.263 e. The molecule has 6 nitrogen and oxygen atoms in total. The zero-order valence-electron chi connectivity index (χ0n) is 16.3. The Morgan fingerprint density at radius 1 is 1.33 bits per heavy atom. The standard InChI is InChI=1S/C21H19FN4O2S2/c1-3-9-26-20(27)15-8-11-29-19(15)24-21(26)30-10-4-5-17-23-18(25-28-17)14-7-6-13(2)16(22)12-14/h3,6-8,11-12H,1,4-5,9-10H2,2H3. The summed E-state index contributed by atoms with van der Waals surface area (Å²) in [5.74, 6) is 1.31. The Labute approximate surface area is 180 Å². The van der Waals surface area contributed by atoms with Crippen molar-refractivity contribution >= 4 is 33.3 Å². The molecule has 4 rings (SSSR count). The van der Waals surface area contributed by atoms with Gasteiger partial charge in [-0.1, -0.05) is 35.1 Å². The maximum atomic E-state index is 13.7. The largest absolute Gasteiger partial charge is 0.339 e. The van der Waals surface area contributed by atoms with E-state index in [2.05, 4.69) is 21.7 Å². The smallest absolute Gasteiger partial charge is 0.263 e. The number of hydrogen-bond acceptors (Lipinski definition) is 7. The van der Waals surface area contributed by atoms with Crippen LogP contribution in [0.2, 0.25) is 0 Å². The lowest BCUT2D eigenvalue weighted by atomic mass is 10.1. The van der Waals surface area contributed by atoms with Crippen LogP contribution in [0, 0.1) is 12.7 Å². The van der Waals surface area contributed by atoms with Crippen LogP contribution in [-0.2, 0) is 13.0 Å². The average Bonchev–Trinajstić information content (AvgIpc) is 3.40. The van der Waals surface area contributed by atoms with E-state index in [0.29, 0.717) is 46.4 Å². The molecule has 0 saturated heterocycles. The van der Waals surface area contributed by atoms with Gasteiger partial charge in [0.15, 0.2) is 5.16 Å². The van der Waals surface area contributed by atoms with Crippen LogP contribution in [0.25, 0.3) is 21.6 Å². The number of hydrogen-bond donors (Lipinski definition) is 0. The highest BCUT2D eigenvalue weighted by molar-refractivity contribution is 7.99. The molecule has 0 saturated carbocycles. The van der Waals surface area contributed by atoms with Gasteiger partial charge in [-0.2, -0.15) is 4.98 Å². The van der Waals surface area contributed by atoms with Crippen LogP contribution in [0.1, 0.15) is 17.9 Å². The average molecular weight is 443 g/mol. The molecule has 0 amide bonds. The second-order valence-electron chi connectivity index (χ2n) is 6.67. The first-order valence-corrected chi connectivity index (χ1v) is 11.2. The van der Waals surface area contributed by atoms with Crippen LogP contribution < -0.4 is 5.56 Å². The van der Waals surface area contributed by atoms with E-state index in [4.69, 9.17) is 4.52 Å². The second-order valence-corrected chi connectivity index (χ2v) is 8.62. The first-order chi connectivity index (χ1) is 14.6. The molecular weight excluding hydrogens is 423 g/mol. The first-order valence-electron chi connectivity index (χ1n) is 9.37. The molecule has 0 spiro atoms. The molecule has 0 unspecified atom stereocenters. The van der Waals surface area contributed by atoms with Gasteiger partial charge in [-0.25, -0.2) is 9.37 Å². The van der Waals surface area contributed by atoms with Gasteiger partial charge >= 0.3 is 0 Å². The number of rotatable bonds is 8. The molecule has 0 N–H and O–H groups in total. The molecule has 3 heterocycles. The SMILES string of the molecule is C=CCn1c(SCCCc2nc(-c3ccc(C)c(F)c3)no2)nc2sccc2c1=O. The fourth-order valence-electron chi connectivity index (χ4n) is 2.92. The van der Waals surface area contributed by atoms with Gasteiger partial charge < -0.3 is 4.52 Å². The van der Waals surface area contributed by atoms with Crippen molar-refractivity contribution < 1.29 is 8.91 Å². The van der Waals surface area contributed by atoms with E-state index < -0.39 is 0 Å². The minimum atomic E-state index is -0.295. The first kappa shape index (κ1) is 20.5. The third kappa shape index (κ3) is 4.22. The molecule has 0 bridgehead atoms. The number of aromatic nitrogens is 4. The summed E-state index contributed by atoms with van der Waals surface area (Å²) in [5, 5.41) is 7.13. The summed E-state index contributed by atoms with van der Waals surface area (Å²) in [5.41, 5.74) is 1.11. The number of nitrogens with zero attached hydrogens (tertiary/aromatic N) is 4. The van der Waals surface area contributed by atoms with Gasteiger partial charge in [0.1, 0.15) is 10.6 Å². The summed E-state index contributed by atoms with van der Waals surface area (Å²) in [4.78, 5) is 22.4. The number of benzene rings is 1. The topological polar surface area (TPSA) is 73.8 Å². The van der Waals surface area contributed by atoms with E-state index in [1.807, 2.05) is 5.38 Å². The molecular formula is C21H19FN4O2S2. The molecule has 0 aliphatic carbocycles. The fraction of sp³-hybridized carbons (Fsp3) is 0.238. The Bertz CT molecular complexity index is 1260. The number of thiophene rings is 1. The normalized spacial score (nSPS) is 11.3. The quantitative estimate of drug-likeness (QED) is 0.168. The van der Waals surface area contributed by atoms with Crippen LogP contribution in [0.3, 0.4) is 0 Å². The van der Waals surface area contributed by atoms with Crippen molar-refractivity contribution in [2.24, 2.45) is 0 Å². The summed E-state index contributed by atoms with van der Waals surface area (Å²) in [6, 6.07) is 6.67. The summed E-state index contributed by atoms with van der Waals surface area (Å²) in [6.07, 6.45) is 3.04. The molecule has 0 radical (unpaired) electrons. The molecule has 1 aromatic carbocycles.